The molecule has 0 bridgehead atoms. The first-order chi connectivity index (χ1) is 11.0. The number of amides is 1. The van der Waals surface area contributed by atoms with Crippen LogP contribution in [-0.2, 0) is 4.79 Å². The van der Waals surface area contributed by atoms with Gasteiger partial charge in [-0.15, -0.1) is 0 Å². The third-order valence-electron chi connectivity index (χ3n) is 3.64. The van der Waals surface area contributed by atoms with Crippen molar-refractivity contribution in [1.29, 1.82) is 0 Å². The third kappa shape index (κ3) is 4.77. The molecule has 1 N–H and O–H groups in total. The summed E-state index contributed by atoms with van der Waals surface area (Å²) in [7, 11) is 0. The van der Waals surface area contributed by atoms with Crippen molar-refractivity contribution in [2.45, 2.75) is 26.2 Å². The van der Waals surface area contributed by atoms with Gasteiger partial charge in [-0.05, 0) is 42.2 Å². The lowest BCUT2D eigenvalue weighted by atomic mass is 9.99. The van der Waals surface area contributed by atoms with Crippen LogP contribution in [-0.4, -0.2) is 12.5 Å². The fraction of sp³-hybridized carbons (Fsp3) is 0.278. The number of carbonyl (C=O) groups is 1. The third-order valence-corrected chi connectivity index (χ3v) is 3.64. The van der Waals surface area contributed by atoms with Crippen molar-refractivity contribution in [2.75, 3.05) is 11.9 Å². The van der Waals surface area contributed by atoms with Crippen LogP contribution in [0.1, 0.15) is 31.7 Å². The van der Waals surface area contributed by atoms with E-state index in [-0.39, 0.29) is 12.3 Å². The molecule has 2 rings (SSSR count). The molecule has 0 saturated carbocycles. The summed E-state index contributed by atoms with van der Waals surface area (Å²) in [5, 5.41) is 2.34. The maximum absolute atomic E-state index is 13.4. The van der Waals surface area contributed by atoms with E-state index in [1.54, 1.807) is 12.1 Å². The van der Waals surface area contributed by atoms with Crippen molar-refractivity contribution in [3.8, 4) is 5.75 Å². The zero-order valence-electron chi connectivity index (χ0n) is 13.1. The number of benzene rings is 2. The van der Waals surface area contributed by atoms with Gasteiger partial charge in [0.05, 0.1) is 5.69 Å². The summed E-state index contributed by atoms with van der Waals surface area (Å²) >= 11 is 0. The maximum Gasteiger partial charge on any atom is 0.262 e. The van der Waals surface area contributed by atoms with E-state index in [1.165, 1.54) is 11.6 Å². The smallest absolute Gasteiger partial charge is 0.262 e. The van der Waals surface area contributed by atoms with Gasteiger partial charge in [0, 0.05) is 6.07 Å². The summed E-state index contributed by atoms with van der Waals surface area (Å²) in [5.74, 6) is -1.00. The van der Waals surface area contributed by atoms with Crippen LogP contribution in [0.4, 0.5) is 14.5 Å². The largest absolute Gasteiger partial charge is 0.484 e. The van der Waals surface area contributed by atoms with Crippen LogP contribution in [0, 0.1) is 11.6 Å². The molecule has 5 heteroatoms. The average molecular weight is 319 g/mol. The molecule has 23 heavy (non-hydrogen) atoms. The Labute approximate surface area is 134 Å². The number of ether oxygens (including phenoxy) is 1. The first-order valence-electron chi connectivity index (χ1n) is 7.47. The fourth-order valence-electron chi connectivity index (χ4n) is 2.05. The van der Waals surface area contributed by atoms with Gasteiger partial charge in [0.15, 0.2) is 6.61 Å². The lowest BCUT2D eigenvalue weighted by molar-refractivity contribution is -0.118. The van der Waals surface area contributed by atoms with Crippen molar-refractivity contribution < 1.29 is 18.3 Å². The van der Waals surface area contributed by atoms with Gasteiger partial charge in [0.25, 0.3) is 5.91 Å². The number of hydrogen-bond donors (Lipinski definition) is 1. The van der Waals surface area contributed by atoms with Crippen molar-refractivity contribution in [3.05, 3.63) is 59.7 Å². The van der Waals surface area contributed by atoms with Gasteiger partial charge in [-0.1, -0.05) is 26.0 Å². The number of carbonyl (C=O) groups excluding carboxylic acids is 1. The average Bonchev–Trinajstić information content (AvgIpc) is 2.55. The molecule has 0 radical (unpaired) electrons. The Balaban J connectivity index is 1.89. The van der Waals surface area contributed by atoms with Crippen LogP contribution in [0.15, 0.2) is 42.5 Å². The quantitative estimate of drug-likeness (QED) is 0.851. The molecule has 0 fully saturated rings. The first-order valence-corrected chi connectivity index (χ1v) is 7.47. The van der Waals surface area contributed by atoms with E-state index >= 15 is 0 Å². The molecule has 0 aliphatic rings. The molecule has 122 valence electrons. The molecule has 0 saturated heterocycles. The predicted molar refractivity (Wildman–Crippen MR) is 85.6 cm³/mol. The molecular weight excluding hydrogens is 300 g/mol. The van der Waals surface area contributed by atoms with Crippen LogP contribution < -0.4 is 10.1 Å². The second-order valence-electron chi connectivity index (χ2n) is 5.34. The van der Waals surface area contributed by atoms with Crippen molar-refractivity contribution in [3.63, 3.8) is 0 Å². The van der Waals surface area contributed by atoms with E-state index in [0.717, 1.165) is 12.5 Å². The Hall–Kier alpha value is -2.43. The number of nitrogens with one attached hydrogen (secondary N) is 1. The summed E-state index contributed by atoms with van der Waals surface area (Å²) in [5.41, 5.74) is 1.13. The van der Waals surface area contributed by atoms with Crippen LogP contribution >= 0.6 is 0 Å². The molecule has 0 aliphatic carbocycles. The Morgan fingerprint density at radius 3 is 2.48 bits per heavy atom. The molecule has 0 heterocycles. The molecule has 1 atom stereocenters. The standard InChI is InChI=1S/C18H19F2NO2/c1-3-12(2)13-4-7-15(8-5-13)23-11-18(22)21-17-9-6-14(19)10-16(17)20/h4-10,12H,3,11H2,1-2H3,(H,21,22)/t12-/m1/s1. The molecule has 0 aliphatic heterocycles. The minimum atomic E-state index is -0.823. The first kappa shape index (κ1) is 16.9. The summed E-state index contributed by atoms with van der Waals surface area (Å²) in [6, 6.07) is 10.5. The zero-order valence-corrected chi connectivity index (χ0v) is 13.1. The second kappa shape index (κ2) is 7.72. The van der Waals surface area contributed by atoms with Gasteiger partial charge in [0.1, 0.15) is 17.4 Å². The molecule has 0 spiro atoms. The molecule has 0 aromatic heterocycles. The number of rotatable bonds is 6. The van der Waals surface area contributed by atoms with Gasteiger partial charge >= 0.3 is 0 Å². The minimum Gasteiger partial charge on any atom is -0.484 e. The normalized spacial score (nSPS) is 11.8. The van der Waals surface area contributed by atoms with Crippen LogP contribution in [0.5, 0.6) is 5.75 Å². The highest BCUT2D eigenvalue weighted by atomic mass is 19.1. The number of anilines is 1. The topological polar surface area (TPSA) is 38.3 Å². The maximum atomic E-state index is 13.4. The minimum absolute atomic E-state index is 0.0767. The van der Waals surface area contributed by atoms with Gasteiger partial charge < -0.3 is 10.1 Å². The van der Waals surface area contributed by atoms with E-state index in [0.29, 0.717) is 17.7 Å². The lowest BCUT2D eigenvalue weighted by Gasteiger charge is -2.11. The summed E-state index contributed by atoms with van der Waals surface area (Å²) in [4.78, 5) is 11.7. The van der Waals surface area contributed by atoms with Crippen LogP contribution in [0.25, 0.3) is 0 Å². The molecular formula is C18H19F2NO2. The van der Waals surface area contributed by atoms with Crippen molar-refractivity contribution in [1.82, 2.24) is 0 Å². The fourth-order valence-corrected chi connectivity index (χ4v) is 2.05. The second-order valence-corrected chi connectivity index (χ2v) is 5.34. The van der Waals surface area contributed by atoms with E-state index < -0.39 is 17.5 Å². The highest BCUT2D eigenvalue weighted by Gasteiger charge is 2.09. The van der Waals surface area contributed by atoms with Gasteiger partial charge in [-0.3, -0.25) is 4.79 Å². The highest BCUT2D eigenvalue weighted by molar-refractivity contribution is 5.91. The number of hydrogen-bond acceptors (Lipinski definition) is 2. The zero-order chi connectivity index (χ0) is 16.8. The van der Waals surface area contributed by atoms with E-state index in [2.05, 4.69) is 19.2 Å². The van der Waals surface area contributed by atoms with E-state index in [1.807, 2.05) is 12.1 Å². The molecule has 1 amide bonds. The van der Waals surface area contributed by atoms with Gasteiger partial charge in [0.2, 0.25) is 0 Å². The van der Waals surface area contributed by atoms with Gasteiger partial charge in [-0.25, -0.2) is 8.78 Å². The number of halogens is 2. The Kier molecular flexibility index (Phi) is 5.68. The molecule has 3 nitrogen and oxygen atoms in total. The lowest BCUT2D eigenvalue weighted by Crippen LogP contribution is -2.20. The van der Waals surface area contributed by atoms with Crippen molar-refractivity contribution in [2.24, 2.45) is 0 Å². The summed E-state index contributed by atoms with van der Waals surface area (Å²) in [6.45, 7) is 4.01. The molecule has 2 aromatic carbocycles. The summed E-state index contributed by atoms with van der Waals surface area (Å²) < 4.78 is 31.6. The SMILES string of the molecule is CC[C@@H](C)c1ccc(OCC(=O)Nc2ccc(F)cc2F)cc1. The Bertz CT molecular complexity index is 671. The van der Waals surface area contributed by atoms with E-state index in [9.17, 15) is 13.6 Å². The Morgan fingerprint density at radius 2 is 1.87 bits per heavy atom. The van der Waals surface area contributed by atoms with Crippen molar-refractivity contribution >= 4 is 11.6 Å². The molecule has 0 unspecified atom stereocenters. The highest BCUT2D eigenvalue weighted by Crippen LogP contribution is 2.21. The molecule has 2 aromatic rings. The van der Waals surface area contributed by atoms with Gasteiger partial charge in [-0.2, -0.15) is 0 Å². The predicted octanol–water partition coefficient (Wildman–Crippen LogP) is 4.50. The Morgan fingerprint density at radius 1 is 1.17 bits per heavy atom. The van der Waals surface area contributed by atoms with E-state index in [4.69, 9.17) is 4.74 Å². The van der Waals surface area contributed by atoms with Crippen LogP contribution in [0.3, 0.4) is 0 Å². The summed E-state index contributed by atoms with van der Waals surface area (Å²) in [6.07, 6.45) is 1.05. The van der Waals surface area contributed by atoms with Crippen LogP contribution in [0.2, 0.25) is 0 Å². The monoisotopic (exact) mass is 319 g/mol.